The Kier molecular flexibility index (Phi) is 7.21. The predicted octanol–water partition coefficient (Wildman–Crippen LogP) is 11.3. The number of rotatable bonds is 5. The van der Waals surface area contributed by atoms with Crippen LogP contribution in [0.2, 0.25) is 0 Å². The van der Waals surface area contributed by atoms with E-state index in [2.05, 4.69) is 53.1 Å². The Morgan fingerprint density at radius 3 is 1.32 bits per heavy atom. The van der Waals surface area contributed by atoms with Gasteiger partial charge in [0.25, 0.3) is 5.56 Å². The third kappa shape index (κ3) is 4.93. The Morgan fingerprint density at radius 1 is 0.339 bits per heavy atom. The van der Waals surface area contributed by atoms with E-state index in [1.807, 2.05) is 149 Å². The Labute approximate surface area is 336 Å². The number of hydrogen-bond donors (Lipinski definition) is 0. The van der Waals surface area contributed by atoms with Crippen molar-refractivity contribution in [1.29, 1.82) is 0 Å². The van der Waals surface area contributed by atoms with Gasteiger partial charge in [0, 0.05) is 43.7 Å². The van der Waals surface area contributed by atoms with Gasteiger partial charge in [0.1, 0.15) is 5.52 Å². The van der Waals surface area contributed by atoms with Gasteiger partial charge in [-0.15, -0.1) is 0 Å². The van der Waals surface area contributed by atoms with E-state index in [4.69, 9.17) is 19.9 Å². The second-order valence-corrected chi connectivity index (χ2v) is 14.6. The van der Waals surface area contributed by atoms with E-state index in [1.165, 1.54) is 0 Å². The second kappa shape index (κ2) is 12.9. The van der Waals surface area contributed by atoms with Crippen molar-refractivity contribution in [2.45, 2.75) is 0 Å². The van der Waals surface area contributed by atoms with Crippen molar-refractivity contribution >= 4 is 65.5 Å². The van der Waals surface area contributed by atoms with E-state index in [-0.39, 0.29) is 5.56 Å². The van der Waals surface area contributed by atoms with Crippen molar-refractivity contribution in [1.82, 2.24) is 33.6 Å². The minimum Gasteiger partial charge on any atom is -0.276 e. The van der Waals surface area contributed by atoms with E-state index in [0.29, 0.717) is 17.4 Å². The maximum absolute atomic E-state index is 15.8. The molecule has 12 rings (SSSR count). The molecule has 0 saturated carbocycles. The first-order chi connectivity index (χ1) is 29.2. The minimum absolute atomic E-state index is 0.194. The highest BCUT2D eigenvalue weighted by molar-refractivity contribution is 6.25. The van der Waals surface area contributed by atoms with Crippen molar-refractivity contribution in [2.75, 3.05) is 0 Å². The van der Waals surface area contributed by atoms with Crippen LogP contribution in [0.5, 0.6) is 0 Å². The van der Waals surface area contributed by atoms with Crippen molar-refractivity contribution in [3.8, 4) is 40.1 Å². The molecule has 5 heterocycles. The van der Waals surface area contributed by atoms with Crippen LogP contribution in [0.15, 0.2) is 193 Å². The summed E-state index contributed by atoms with van der Waals surface area (Å²) in [4.78, 5) is 37.0. The number of aromatic nitrogens is 7. The van der Waals surface area contributed by atoms with Gasteiger partial charge in [-0.3, -0.25) is 18.5 Å². The average molecular weight is 758 g/mol. The van der Waals surface area contributed by atoms with E-state index in [1.54, 1.807) is 0 Å². The van der Waals surface area contributed by atoms with Crippen molar-refractivity contribution < 1.29 is 0 Å². The van der Waals surface area contributed by atoms with E-state index in [0.717, 1.165) is 88.2 Å². The highest BCUT2D eigenvalue weighted by atomic mass is 16.1. The quantitative estimate of drug-likeness (QED) is 0.175. The molecule has 0 bridgehead atoms. The van der Waals surface area contributed by atoms with Gasteiger partial charge in [-0.25, -0.2) is 19.9 Å². The molecule has 59 heavy (non-hydrogen) atoms. The molecular weight excluding hydrogens is 727 g/mol. The molecule has 8 nitrogen and oxygen atoms in total. The summed E-state index contributed by atoms with van der Waals surface area (Å²) >= 11 is 0. The Morgan fingerprint density at radius 2 is 0.763 bits per heavy atom. The lowest BCUT2D eigenvalue weighted by atomic mass is 10.1. The molecule has 0 aliphatic heterocycles. The molecule has 276 valence electrons. The van der Waals surface area contributed by atoms with Crippen LogP contribution < -0.4 is 5.56 Å². The molecule has 0 N–H and O–H groups in total. The zero-order valence-corrected chi connectivity index (χ0v) is 31.4. The summed E-state index contributed by atoms with van der Waals surface area (Å²) in [6.45, 7) is 0. The molecule has 0 fully saturated rings. The first-order valence-electron chi connectivity index (χ1n) is 19.5. The molecule has 8 heteroatoms. The fourth-order valence-corrected chi connectivity index (χ4v) is 8.77. The van der Waals surface area contributed by atoms with Crippen molar-refractivity contribution in [2.24, 2.45) is 0 Å². The number of para-hydroxylation sites is 5. The molecule has 0 unspecified atom stereocenters. The Hall–Kier alpha value is -8.23. The van der Waals surface area contributed by atoms with Gasteiger partial charge < -0.3 is 0 Å². The lowest BCUT2D eigenvalue weighted by Gasteiger charge is -2.15. The molecule has 0 saturated heterocycles. The zero-order chi connectivity index (χ0) is 39.0. The third-order valence-corrected chi connectivity index (χ3v) is 11.3. The van der Waals surface area contributed by atoms with Gasteiger partial charge in [-0.2, -0.15) is 0 Å². The lowest BCUT2D eigenvalue weighted by Crippen LogP contribution is -2.21. The fourth-order valence-electron chi connectivity index (χ4n) is 8.77. The monoisotopic (exact) mass is 757 g/mol. The smallest absolute Gasteiger partial charge is 0.276 e. The number of nitrogens with zero attached hydrogens (tertiary/aromatic N) is 7. The van der Waals surface area contributed by atoms with Crippen LogP contribution >= 0.6 is 0 Å². The highest BCUT2D eigenvalue weighted by Gasteiger charge is 2.29. The van der Waals surface area contributed by atoms with Crippen LogP contribution in [0, 0.1) is 0 Å². The van der Waals surface area contributed by atoms with Crippen LogP contribution in [-0.2, 0) is 0 Å². The molecule has 0 spiro atoms. The Bertz CT molecular complexity index is 3680. The molecular formula is C51H31N7O. The summed E-state index contributed by atoms with van der Waals surface area (Å²) < 4.78 is 5.92. The van der Waals surface area contributed by atoms with Crippen LogP contribution in [-0.4, -0.2) is 33.6 Å². The molecule has 0 aliphatic carbocycles. The maximum atomic E-state index is 15.8. The van der Waals surface area contributed by atoms with E-state index >= 15 is 4.79 Å². The van der Waals surface area contributed by atoms with Gasteiger partial charge in [-0.1, -0.05) is 152 Å². The van der Waals surface area contributed by atoms with Gasteiger partial charge in [0.05, 0.1) is 44.5 Å². The standard InChI is InChI=1S/C51H31N7O/c59-49-48-43(37-26-12-16-30-41(37)58(48)51-53-40-29-15-11-25-36(40)45(55-51)33-20-6-2-7-21-33)47-46(56(49)34-22-8-3-9-23-34)38-27-13-17-31-42(38)57(47)50-52-39-28-14-10-24-35(39)44(54-50)32-18-4-1-5-19-32/h1-31H. The Balaban J connectivity index is 1.31. The number of hydrogen-bond acceptors (Lipinski definition) is 5. The summed E-state index contributed by atoms with van der Waals surface area (Å²) in [5.41, 5.74) is 9.38. The molecule has 7 aromatic carbocycles. The molecule has 0 amide bonds. The summed E-state index contributed by atoms with van der Waals surface area (Å²) in [6.07, 6.45) is 0. The lowest BCUT2D eigenvalue weighted by molar-refractivity contribution is 0.980. The zero-order valence-electron chi connectivity index (χ0n) is 31.4. The molecule has 5 aromatic heterocycles. The van der Waals surface area contributed by atoms with Crippen molar-refractivity contribution in [3.63, 3.8) is 0 Å². The van der Waals surface area contributed by atoms with E-state index in [9.17, 15) is 0 Å². The second-order valence-electron chi connectivity index (χ2n) is 14.6. The largest absolute Gasteiger partial charge is 0.280 e. The van der Waals surface area contributed by atoms with Crippen LogP contribution in [0.1, 0.15) is 0 Å². The summed E-state index contributed by atoms with van der Waals surface area (Å²) in [5, 5.41) is 4.42. The van der Waals surface area contributed by atoms with Gasteiger partial charge in [0.15, 0.2) is 0 Å². The number of pyridine rings is 1. The van der Waals surface area contributed by atoms with Gasteiger partial charge in [0.2, 0.25) is 11.9 Å². The first-order valence-corrected chi connectivity index (χ1v) is 19.5. The highest BCUT2D eigenvalue weighted by Crippen LogP contribution is 2.42. The summed E-state index contributed by atoms with van der Waals surface area (Å²) in [7, 11) is 0. The van der Waals surface area contributed by atoms with Crippen LogP contribution in [0.4, 0.5) is 0 Å². The minimum atomic E-state index is -0.194. The third-order valence-electron chi connectivity index (χ3n) is 11.3. The normalized spacial score (nSPS) is 11.8. The van der Waals surface area contributed by atoms with E-state index < -0.39 is 0 Å². The molecule has 0 radical (unpaired) electrons. The molecule has 12 aromatic rings. The fraction of sp³-hybridized carbons (Fsp3) is 0. The average Bonchev–Trinajstić information content (AvgIpc) is 3.83. The van der Waals surface area contributed by atoms with Crippen molar-refractivity contribution in [3.05, 3.63) is 198 Å². The SMILES string of the molecule is O=c1c2c(c3ccccc3n2-c2nc(-c3ccccc3)c3ccccc3n2)c2c(c3ccccc3n2-c2nc(-c3ccccc3)c3ccccc3n2)n1-c1ccccc1. The van der Waals surface area contributed by atoms with Crippen LogP contribution in [0.25, 0.3) is 106 Å². The first kappa shape index (κ1) is 33.0. The molecule has 0 aliphatic rings. The number of benzene rings is 7. The van der Waals surface area contributed by atoms with Crippen LogP contribution in [0.3, 0.4) is 0 Å². The maximum Gasteiger partial charge on any atom is 0.280 e. The summed E-state index contributed by atoms with van der Waals surface area (Å²) in [5.74, 6) is 0.902. The summed E-state index contributed by atoms with van der Waals surface area (Å²) in [6, 6.07) is 62.7. The van der Waals surface area contributed by atoms with Gasteiger partial charge >= 0.3 is 0 Å². The topological polar surface area (TPSA) is 83.4 Å². The predicted molar refractivity (Wildman–Crippen MR) is 238 cm³/mol. The molecule has 0 atom stereocenters. The van der Waals surface area contributed by atoms with Gasteiger partial charge in [-0.05, 0) is 36.4 Å². The number of fused-ring (bicyclic) bond motifs is 9.